The predicted octanol–water partition coefficient (Wildman–Crippen LogP) is 0.371. The monoisotopic (exact) mass is 360 g/mol. The molecule has 138 valence electrons. The first-order chi connectivity index (χ1) is 12.4. The van der Waals surface area contributed by atoms with Gasteiger partial charge in [0.05, 0.1) is 11.5 Å². The number of aliphatic hydroxyl groups is 2. The molecule has 0 radical (unpaired) electrons. The van der Waals surface area contributed by atoms with Crippen LogP contribution in [0.15, 0.2) is 48.5 Å². The minimum atomic E-state index is -1.58. The van der Waals surface area contributed by atoms with Crippen molar-refractivity contribution in [3.63, 3.8) is 0 Å². The third-order valence-electron chi connectivity index (χ3n) is 4.18. The highest BCUT2D eigenvalue weighted by atomic mass is 16.6. The van der Waals surface area contributed by atoms with Crippen molar-refractivity contribution in [2.45, 2.75) is 31.0 Å². The molecule has 1 fully saturated rings. The molecule has 2 aromatic rings. The van der Waals surface area contributed by atoms with Crippen LogP contribution in [0.25, 0.3) is 0 Å². The third-order valence-corrected chi connectivity index (χ3v) is 4.18. The molecular weight excluding hydrogens is 342 g/mol. The molecule has 3 rings (SSSR count). The number of hydrogen-bond donors (Lipinski definition) is 2. The second kappa shape index (κ2) is 7.79. The Hall–Kier alpha value is -2.52. The van der Waals surface area contributed by atoms with E-state index in [1.165, 1.54) is 12.1 Å². The SMILES string of the molecule is O=[N+]([O-])c1ccc(Cc2ccc(O[C@@H]3[C@@H](O)[C@H](O)CO[C@H]3[O-])cc2)cc1. The summed E-state index contributed by atoms with van der Waals surface area (Å²) >= 11 is 0. The first kappa shape index (κ1) is 18.3. The lowest BCUT2D eigenvalue weighted by Gasteiger charge is -2.41. The molecule has 8 heteroatoms. The van der Waals surface area contributed by atoms with Crippen LogP contribution in [0.4, 0.5) is 5.69 Å². The van der Waals surface area contributed by atoms with Gasteiger partial charge >= 0.3 is 0 Å². The molecule has 1 aliphatic heterocycles. The largest absolute Gasteiger partial charge is 0.828 e. The number of nitro benzene ring substituents is 1. The molecule has 8 nitrogen and oxygen atoms in total. The van der Waals surface area contributed by atoms with Gasteiger partial charge in [0.15, 0.2) is 0 Å². The molecule has 0 saturated carbocycles. The normalized spacial score (nSPS) is 25.7. The van der Waals surface area contributed by atoms with Crippen LogP contribution in [0, 0.1) is 10.1 Å². The number of hydrogen-bond acceptors (Lipinski definition) is 7. The Bertz CT molecular complexity index is 747. The minimum absolute atomic E-state index is 0.0418. The van der Waals surface area contributed by atoms with Crippen LogP contribution < -0.4 is 9.84 Å². The average molecular weight is 360 g/mol. The summed E-state index contributed by atoms with van der Waals surface area (Å²) in [6, 6.07) is 13.2. The van der Waals surface area contributed by atoms with Crippen molar-refractivity contribution in [2.75, 3.05) is 6.61 Å². The number of nitro groups is 1. The Morgan fingerprint density at radius 2 is 1.65 bits per heavy atom. The third kappa shape index (κ3) is 4.17. The number of aliphatic hydroxyl groups excluding tert-OH is 2. The maximum atomic E-state index is 11.8. The molecule has 1 saturated heterocycles. The average Bonchev–Trinajstić information content (AvgIpc) is 2.64. The lowest BCUT2D eigenvalue weighted by atomic mass is 10.0. The zero-order valence-electron chi connectivity index (χ0n) is 13.7. The summed E-state index contributed by atoms with van der Waals surface area (Å²) < 4.78 is 10.3. The molecule has 2 aromatic carbocycles. The van der Waals surface area contributed by atoms with Gasteiger partial charge in [-0.2, -0.15) is 0 Å². The van der Waals surface area contributed by atoms with Crippen LogP contribution >= 0.6 is 0 Å². The van der Waals surface area contributed by atoms with Gasteiger partial charge < -0.3 is 24.8 Å². The Balaban J connectivity index is 1.63. The number of rotatable bonds is 5. The van der Waals surface area contributed by atoms with Crippen LogP contribution in [-0.2, 0) is 11.2 Å². The Kier molecular flexibility index (Phi) is 5.48. The molecule has 0 aromatic heterocycles. The van der Waals surface area contributed by atoms with Crippen molar-refractivity contribution in [3.05, 3.63) is 69.8 Å². The Morgan fingerprint density at radius 3 is 2.23 bits per heavy atom. The smallest absolute Gasteiger partial charge is 0.269 e. The van der Waals surface area contributed by atoms with E-state index >= 15 is 0 Å². The van der Waals surface area contributed by atoms with Gasteiger partial charge in [0, 0.05) is 18.4 Å². The molecule has 0 unspecified atom stereocenters. The highest BCUT2D eigenvalue weighted by Crippen LogP contribution is 2.22. The van der Waals surface area contributed by atoms with Crippen LogP contribution in [-0.4, -0.2) is 46.3 Å². The van der Waals surface area contributed by atoms with Gasteiger partial charge in [0.25, 0.3) is 5.69 Å². The number of benzene rings is 2. The van der Waals surface area contributed by atoms with E-state index in [9.17, 15) is 25.4 Å². The lowest BCUT2D eigenvalue weighted by molar-refractivity contribution is -0.521. The molecule has 0 spiro atoms. The Morgan fingerprint density at radius 1 is 1.08 bits per heavy atom. The van der Waals surface area contributed by atoms with E-state index in [0.717, 1.165) is 11.1 Å². The zero-order chi connectivity index (χ0) is 18.7. The minimum Gasteiger partial charge on any atom is -0.828 e. The van der Waals surface area contributed by atoms with Crippen molar-refractivity contribution in [1.29, 1.82) is 0 Å². The first-order valence-corrected chi connectivity index (χ1v) is 8.06. The zero-order valence-corrected chi connectivity index (χ0v) is 13.7. The number of ether oxygens (including phenoxy) is 2. The summed E-state index contributed by atoms with van der Waals surface area (Å²) in [5.74, 6) is 0.375. The predicted molar refractivity (Wildman–Crippen MR) is 88.5 cm³/mol. The molecule has 0 amide bonds. The summed E-state index contributed by atoms with van der Waals surface area (Å²) in [6.07, 6.45) is -4.67. The second-order valence-electron chi connectivity index (χ2n) is 6.09. The van der Waals surface area contributed by atoms with Crippen molar-refractivity contribution < 1.29 is 29.7 Å². The number of non-ortho nitro benzene ring substituents is 1. The van der Waals surface area contributed by atoms with Crippen molar-refractivity contribution in [1.82, 2.24) is 0 Å². The quantitative estimate of drug-likeness (QED) is 0.583. The summed E-state index contributed by atoms with van der Waals surface area (Å²) in [5, 5.41) is 41.9. The molecule has 2 N–H and O–H groups in total. The van der Waals surface area contributed by atoms with Gasteiger partial charge in [-0.1, -0.05) is 24.3 Å². The van der Waals surface area contributed by atoms with Crippen LogP contribution in [0.1, 0.15) is 11.1 Å². The van der Waals surface area contributed by atoms with E-state index < -0.39 is 29.5 Å². The first-order valence-electron chi connectivity index (χ1n) is 8.06. The fourth-order valence-corrected chi connectivity index (χ4v) is 2.71. The van der Waals surface area contributed by atoms with E-state index in [2.05, 4.69) is 0 Å². The summed E-state index contributed by atoms with van der Waals surface area (Å²) in [4.78, 5) is 10.2. The van der Waals surface area contributed by atoms with Gasteiger partial charge in [-0.3, -0.25) is 10.1 Å². The summed E-state index contributed by atoms with van der Waals surface area (Å²) in [7, 11) is 0. The van der Waals surface area contributed by atoms with E-state index in [4.69, 9.17) is 9.47 Å². The van der Waals surface area contributed by atoms with Gasteiger partial charge in [0.1, 0.15) is 24.1 Å². The van der Waals surface area contributed by atoms with E-state index in [-0.39, 0.29) is 12.3 Å². The molecule has 0 aliphatic carbocycles. The highest BCUT2D eigenvalue weighted by Gasteiger charge is 2.35. The molecular formula is C18H18NO7-. The van der Waals surface area contributed by atoms with Crippen molar-refractivity contribution in [2.24, 2.45) is 0 Å². The molecule has 4 atom stereocenters. The van der Waals surface area contributed by atoms with Gasteiger partial charge in [-0.15, -0.1) is 0 Å². The standard InChI is InChI=1S/C18H18NO7/c20-15-10-25-18(22)17(16(15)21)26-14-7-3-12(4-8-14)9-11-1-5-13(6-2-11)19(23)24/h1-8,15-18,20-21H,9-10H2/q-1/t15-,16+,17-,18-/m1/s1. The van der Waals surface area contributed by atoms with Gasteiger partial charge in [-0.25, -0.2) is 0 Å². The molecule has 26 heavy (non-hydrogen) atoms. The van der Waals surface area contributed by atoms with Gasteiger partial charge in [-0.05, 0) is 29.7 Å². The van der Waals surface area contributed by atoms with Gasteiger partial charge in [0.2, 0.25) is 0 Å². The fraction of sp³-hybridized carbons (Fsp3) is 0.333. The topological polar surface area (TPSA) is 125 Å². The number of nitrogens with zero attached hydrogens (tertiary/aromatic N) is 1. The van der Waals surface area contributed by atoms with Crippen LogP contribution in [0.3, 0.4) is 0 Å². The van der Waals surface area contributed by atoms with Crippen LogP contribution in [0.5, 0.6) is 5.75 Å². The highest BCUT2D eigenvalue weighted by molar-refractivity contribution is 5.36. The van der Waals surface area contributed by atoms with E-state index in [1.807, 2.05) is 0 Å². The summed E-state index contributed by atoms with van der Waals surface area (Å²) in [5.41, 5.74) is 1.91. The van der Waals surface area contributed by atoms with Crippen LogP contribution in [0.2, 0.25) is 0 Å². The van der Waals surface area contributed by atoms with E-state index in [0.29, 0.717) is 12.2 Å². The lowest BCUT2D eigenvalue weighted by Crippen LogP contribution is -2.60. The Labute approximate surface area is 149 Å². The second-order valence-corrected chi connectivity index (χ2v) is 6.09. The summed E-state index contributed by atoms with van der Waals surface area (Å²) in [6.45, 7) is -0.219. The molecule has 0 bridgehead atoms. The van der Waals surface area contributed by atoms with E-state index in [1.54, 1.807) is 36.4 Å². The maximum absolute atomic E-state index is 11.8. The molecule has 1 heterocycles. The van der Waals surface area contributed by atoms with Crippen molar-refractivity contribution in [3.8, 4) is 5.75 Å². The van der Waals surface area contributed by atoms with Crippen molar-refractivity contribution >= 4 is 5.69 Å². The maximum Gasteiger partial charge on any atom is 0.269 e. The molecule has 1 aliphatic rings. The fourth-order valence-electron chi connectivity index (χ4n) is 2.71.